The van der Waals surface area contributed by atoms with Crippen molar-refractivity contribution in [1.29, 1.82) is 0 Å². The first-order valence-corrected chi connectivity index (χ1v) is 16.1. The van der Waals surface area contributed by atoms with Crippen molar-refractivity contribution < 1.29 is 54.8 Å². The maximum atomic E-state index is 12.7. The molecule has 47 heavy (non-hydrogen) atoms. The molecule has 4 aliphatic rings. The predicted octanol–water partition coefficient (Wildman–Crippen LogP) is 0.595. The molecule has 0 saturated heterocycles. The molecule has 14 heteroatoms. The number of oxime groups is 1. The maximum Gasteiger partial charge on any atom is 0.328 e. The average molecular weight is 660 g/mol. The molecule has 5 rings (SSSR count). The number of nitrogens with zero attached hydrogens (tertiary/aromatic N) is 1. The number of aromatic hydroxyl groups is 1. The van der Waals surface area contributed by atoms with E-state index in [0.717, 1.165) is 25.5 Å². The first kappa shape index (κ1) is 34.9. The Balaban J connectivity index is 1.23. The summed E-state index contributed by atoms with van der Waals surface area (Å²) in [6, 6.07) is 2.73. The number of nitrogens with one attached hydrogen (secondary N) is 2. The molecule has 0 heterocycles. The summed E-state index contributed by atoms with van der Waals surface area (Å²) in [5.74, 6) is -2.27. The second-order valence-electron chi connectivity index (χ2n) is 14.0. The number of fused-ring (bicyclic) bond motifs is 5. The molecule has 1 amide bonds. The lowest BCUT2D eigenvalue weighted by Crippen LogP contribution is -2.99. The Morgan fingerprint density at radius 3 is 2.62 bits per heavy atom. The van der Waals surface area contributed by atoms with Gasteiger partial charge in [0.15, 0.2) is 18.1 Å². The predicted molar refractivity (Wildman–Crippen MR) is 165 cm³/mol. The number of rotatable bonds is 10. The highest BCUT2D eigenvalue weighted by Crippen LogP contribution is 2.67. The number of ketones is 1. The van der Waals surface area contributed by atoms with E-state index < -0.39 is 65.0 Å². The quantitative estimate of drug-likeness (QED) is 0.105. The van der Waals surface area contributed by atoms with E-state index in [2.05, 4.69) is 17.4 Å². The second kappa shape index (κ2) is 13.2. The summed E-state index contributed by atoms with van der Waals surface area (Å²) in [5, 5.41) is 68.3. The van der Waals surface area contributed by atoms with Gasteiger partial charge in [-0.25, -0.2) is 10.0 Å². The molecule has 0 aliphatic heterocycles. The van der Waals surface area contributed by atoms with Crippen LogP contribution in [-0.4, -0.2) is 87.1 Å². The number of phenolic OH excluding ortho intramolecular Hbond substituents is 1. The van der Waals surface area contributed by atoms with Gasteiger partial charge in [-0.2, -0.15) is 5.23 Å². The fourth-order valence-corrected chi connectivity index (χ4v) is 9.23. The lowest BCUT2D eigenvalue weighted by atomic mass is 9.45. The van der Waals surface area contributed by atoms with Crippen LogP contribution in [0.4, 0.5) is 5.69 Å². The molecule has 0 aromatic heterocycles. The molecule has 1 unspecified atom stereocenters. The first-order chi connectivity index (χ1) is 22.2. The summed E-state index contributed by atoms with van der Waals surface area (Å²) in [4.78, 5) is 43.1. The number of Topliss-reactive ketones (excluding diaryl/α,β-unsaturated/α-hetero) is 1. The van der Waals surface area contributed by atoms with Gasteiger partial charge in [-0.15, -0.1) is 0 Å². The van der Waals surface area contributed by atoms with Gasteiger partial charge >= 0.3 is 5.97 Å². The van der Waals surface area contributed by atoms with Crippen LogP contribution in [-0.2, 0) is 30.4 Å². The van der Waals surface area contributed by atoms with Crippen LogP contribution < -0.4 is 10.5 Å². The van der Waals surface area contributed by atoms with E-state index >= 15 is 0 Å². The number of carbonyl (C=O) groups is 3. The number of ether oxygens (including phenoxy) is 1. The molecule has 0 bridgehead atoms. The third kappa shape index (κ3) is 6.18. The number of carbonyl (C=O) groups excluding carboxylic acids is 3. The molecule has 1 aromatic carbocycles. The molecule has 258 valence electrons. The fourth-order valence-electron chi connectivity index (χ4n) is 9.23. The van der Waals surface area contributed by atoms with E-state index in [1.165, 1.54) is 18.2 Å². The van der Waals surface area contributed by atoms with Gasteiger partial charge in [-0.3, -0.25) is 9.59 Å². The molecule has 9 atom stereocenters. The van der Waals surface area contributed by atoms with Crippen LogP contribution in [0.25, 0.3) is 0 Å². The highest BCUT2D eigenvalue weighted by molar-refractivity contribution is 5.96. The monoisotopic (exact) mass is 659 g/mol. The minimum Gasteiger partial charge on any atom is -0.595 e. The summed E-state index contributed by atoms with van der Waals surface area (Å²) in [7, 11) is 1.16. The molecule has 1 aromatic rings. The van der Waals surface area contributed by atoms with Crippen molar-refractivity contribution >= 4 is 29.1 Å². The number of aliphatic hydroxyl groups excluding tert-OH is 2. The summed E-state index contributed by atoms with van der Waals surface area (Å²) in [6.45, 7) is 2.85. The molecule has 0 spiro atoms. The number of aliphatic hydroxyl groups is 3. The van der Waals surface area contributed by atoms with Gasteiger partial charge < -0.3 is 40.5 Å². The fraction of sp³-hybridized carbons (Fsp3) is 0.636. The zero-order valence-electron chi connectivity index (χ0n) is 26.9. The SMILES string of the molecule is COC(=O)[C@@H](Cc1ccc(O)c([NH+]([O-])O)c1)NC(=O)CON=C1C=C2CC[C@@H]3[C@H]([C@H](O)C[C@]4(C)[C@@H]3CC[C@]4(O)C(=O)CO)[C@@]2(C)CC1. The summed E-state index contributed by atoms with van der Waals surface area (Å²) in [5.41, 5.74) is -0.920. The Hall–Kier alpha value is -3.40. The lowest BCUT2D eigenvalue weighted by molar-refractivity contribution is -0.991. The molecule has 7 N–H and O–H groups in total. The number of phenols is 1. The largest absolute Gasteiger partial charge is 0.595 e. The van der Waals surface area contributed by atoms with Crippen LogP contribution in [0, 0.1) is 33.8 Å². The third-order valence-electron chi connectivity index (χ3n) is 11.6. The second-order valence-corrected chi connectivity index (χ2v) is 14.0. The molecular formula is C33H45N3O11. The number of hydrogen-bond acceptors (Lipinski definition) is 12. The standard InChI is InChI=1S/C33H45N3O11/c1-31-10-8-20(35-47-17-28(41)34-23(30(42)46-3)12-18-4-7-25(38)24(13-18)36(44)45)14-19(31)5-6-21-22-9-11-33(43,27(40)16-37)32(22,2)15-26(39)29(21)31/h4,7,13-14,21-23,26,29,36-39,43-44H,5-6,8-12,15-17H2,1-3H3,(H,34,41)/t21-,22+,23+,26+,29+,31-,32+,33-/m0/s1. The van der Waals surface area contributed by atoms with Gasteiger partial charge in [-0.1, -0.05) is 30.6 Å². The molecule has 4 aliphatic carbocycles. The van der Waals surface area contributed by atoms with Crippen LogP contribution in [0.2, 0.25) is 0 Å². The minimum atomic E-state index is -1.64. The first-order valence-electron chi connectivity index (χ1n) is 16.1. The summed E-state index contributed by atoms with van der Waals surface area (Å²) in [6.07, 6.45) is 5.18. The number of benzene rings is 1. The van der Waals surface area contributed by atoms with Gasteiger partial charge in [0.2, 0.25) is 5.69 Å². The van der Waals surface area contributed by atoms with Crippen molar-refractivity contribution in [3.8, 4) is 5.75 Å². The summed E-state index contributed by atoms with van der Waals surface area (Å²) < 4.78 is 4.80. The van der Waals surface area contributed by atoms with Gasteiger partial charge in [0.25, 0.3) is 5.91 Å². The van der Waals surface area contributed by atoms with Crippen molar-refractivity contribution in [2.45, 2.75) is 83.0 Å². The van der Waals surface area contributed by atoms with Crippen molar-refractivity contribution in [3.05, 3.63) is 40.6 Å². The van der Waals surface area contributed by atoms with Gasteiger partial charge in [0, 0.05) is 17.9 Å². The molecule has 14 nitrogen and oxygen atoms in total. The van der Waals surface area contributed by atoms with Crippen LogP contribution in [0.15, 0.2) is 35.0 Å². The average Bonchev–Trinajstić information content (AvgIpc) is 3.30. The molecule has 3 fully saturated rings. The topological polar surface area (TPSA) is 223 Å². The van der Waals surface area contributed by atoms with Crippen molar-refractivity contribution in [3.63, 3.8) is 0 Å². The van der Waals surface area contributed by atoms with Crippen LogP contribution >= 0.6 is 0 Å². The third-order valence-corrected chi connectivity index (χ3v) is 11.6. The van der Waals surface area contributed by atoms with Crippen LogP contribution in [0.5, 0.6) is 5.75 Å². The Morgan fingerprint density at radius 1 is 1.19 bits per heavy atom. The van der Waals surface area contributed by atoms with E-state index in [0.29, 0.717) is 30.5 Å². The number of quaternary nitrogens is 1. The zero-order chi connectivity index (χ0) is 34.3. The van der Waals surface area contributed by atoms with Gasteiger partial charge in [-0.05, 0) is 85.8 Å². The van der Waals surface area contributed by atoms with Crippen molar-refractivity contribution in [2.24, 2.45) is 33.7 Å². The Bertz CT molecular complexity index is 1460. The number of allylic oxidation sites excluding steroid dienone is 2. The summed E-state index contributed by atoms with van der Waals surface area (Å²) >= 11 is 0. The van der Waals surface area contributed by atoms with Gasteiger partial charge in [0.1, 0.15) is 18.2 Å². The van der Waals surface area contributed by atoms with E-state index in [1.54, 1.807) is 0 Å². The van der Waals surface area contributed by atoms with Crippen LogP contribution in [0.3, 0.4) is 0 Å². The normalized spacial score (nSPS) is 35.1. The highest BCUT2D eigenvalue weighted by atomic mass is 16.8. The Morgan fingerprint density at radius 2 is 1.94 bits per heavy atom. The highest BCUT2D eigenvalue weighted by Gasteiger charge is 2.68. The number of amides is 1. The Labute approximate surface area is 272 Å². The minimum absolute atomic E-state index is 0.0498. The zero-order valence-corrected chi connectivity index (χ0v) is 26.9. The van der Waals surface area contributed by atoms with Crippen molar-refractivity contribution in [1.82, 2.24) is 5.32 Å². The molecule has 0 radical (unpaired) electrons. The number of esters is 1. The van der Waals surface area contributed by atoms with E-state index in [9.17, 15) is 45.2 Å². The van der Waals surface area contributed by atoms with Crippen molar-refractivity contribution in [2.75, 3.05) is 20.3 Å². The van der Waals surface area contributed by atoms with Gasteiger partial charge in [0.05, 0.1) is 18.9 Å². The molecular weight excluding hydrogens is 614 g/mol. The van der Waals surface area contributed by atoms with E-state index in [1.807, 2.05) is 13.0 Å². The van der Waals surface area contributed by atoms with E-state index in [4.69, 9.17) is 9.57 Å². The van der Waals surface area contributed by atoms with E-state index in [-0.39, 0.29) is 48.1 Å². The molecule has 3 saturated carbocycles. The Kier molecular flexibility index (Phi) is 9.84. The maximum absolute atomic E-state index is 12.7. The van der Waals surface area contributed by atoms with Crippen LogP contribution in [0.1, 0.15) is 64.4 Å². The number of hydrogen-bond donors (Lipinski definition) is 7. The number of methoxy groups -OCH3 is 1. The smallest absolute Gasteiger partial charge is 0.328 e. The lowest BCUT2D eigenvalue weighted by Gasteiger charge is -2.60.